The first-order valence-electron chi connectivity index (χ1n) is 7.87. The summed E-state index contributed by atoms with van der Waals surface area (Å²) in [5.74, 6) is 1.76. The van der Waals surface area contributed by atoms with Crippen LogP contribution in [0.25, 0.3) is 0 Å². The second kappa shape index (κ2) is 5.97. The molecule has 2 rings (SSSR count). The average molecular weight is 266 g/mol. The van der Waals surface area contributed by atoms with Gasteiger partial charge in [0, 0.05) is 11.3 Å². The number of allylic oxidation sites excluding steroid dienone is 2. The van der Waals surface area contributed by atoms with Gasteiger partial charge in [-0.1, -0.05) is 45.8 Å². The molecule has 2 aliphatic rings. The van der Waals surface area contributed by atoms with Crippen molar-refractivity contribution in [2.24, 2.45) is 23.2 Å². The first-order valence-corrected chi connectivity index (χ1v) is 7.87. The average Bonchev–Trinajstić information content (AvgIpc) is 2.39. The van der Waals surface area contributed by atoms with E-state index in [1.165, 1.54) is 24.8 Å². The lowest BCUT2D eigenvalue weighted by molar-refractivity contribution is -0.260. The van der Waals surface area contributed by atoms with E-state index in [0.29, 0.717) is 17.8 Å². The summed E-state index contributed by atoms with van der Waals surface area (Å²) in [5, 5.41) is 0. The smallest absolute Gasteiger partial charge is 0.160 e. The van der Waals surface area contributed by atoms with E-state index in [-0.39, 0.29) is 11.7 Å². The van der Waals surface area contributed by atoms with Crippen LogP contribution in [0.1, 0.15) is 53.9 Å². The molecule has 110 valence electrons. The molecule has 3 atom stereocenters. The Bertz CT molecular complexity index is 326. The zero-order valence-corrected chi connectivity index (χ0v) is 13.2. The van der Waals surface area contributed by atoms with Gasteiger partial charge < -0.3 is 9.47 Å². The van der Waals surface area contributed by atoms with Gasteiger partial charge in [0.2, 0.25) is 0 Å². The van der Waals surface area contributed by atoms with E-state index in [1.807, 2.05) is 0 Å². The minimum atomic E-state index is 0.0106. The van der Waals surface area contributed by atoms with E-state index in [4.69, 9.17) is 9.47 Å². The molecule has 0 aromatic heterocycles. The molecule has 2 nitrogen and oxygen atoms in total. The predicted octanol–water partition coefficient (Wildman–Crippen LogP) is 4.40. The fourth-order valence-corrected chi connectivity index (χ4v) is 3.36. The summed E-state index contributed by atoms with van der Waals surface area (Å²) >= 11 is 0. The third kappa shape index (κ3) is 3.22. The summed E-state index contributed by atoms with van der Waals surface area (Å²) in [6.45, 7) is 13.1. The van der Waals surface area contributed by atoms with Crippen molar-refractivity contribution < 1.29 is 9.47 Å². The van der Waals surface area contributed by atoms with Gasteiger partial charge in [-0.05, 0) is 31.6 Å². The van der Waals surface area contributed by atoms with Crippen molar-refractivity contribution in [3.05, 3.63) is 11.6 Å². The van der Waals surface area contributed by atoms with Crippen LogP contribution in [0.4, 0.5) is 0 Å². The highest BCUT2D eigenvalue weighted by atomic mass is 16.7. The molecule has 1 heterocycles. The van der Waals surface area contributed by atoms with Gasteiger partial charge >= 0.3 is 0 Å². The first kappa shape index (κ1) is 15.1. The Labute approximate surface area is 118 Å². The summed E-state index contributed by atoms with van der Waals surface area (Å²) in [6, 6.07) is 0. The van der Waals surface area contributed by atoms with E-state index in [9.17, 15) is 0 Å². The highest BCUT2D eigenvalue weighted by molar-refractivity contribution is 5.06. The third-order valence-corrected chi connectivity index (χ3v) is 5.40. The van der Waals surface area contributed by atoms with Crippen LogP contribution in [0.2, 0.25) is 0 Å². The number of ether oxygens (including phenoxy) is 2. The Balaban J connectivity index is 1.93. The van der Waals surface area contributed by atoms with Gasteiger partial charge in [-0.3, -0.25) is 0 Å². The van der Waals surface area contributed by atoms with Gasteiger partial charge in [-0.25, -0.2) is 0 Å². The molecule has 0 bridgehead atoms. The number of hydrogen-bond acceptors (Lipinski definition) is 2. The van der Waals surface area contributed by atoms with Gasteiger partial charge in [0.15, 0.2) is 6.29 Å². The molecule has 0 aromatic carbocycles. The SMILES string of the molecule is CCC(C)C1(C)COC([C@@H]2CCC(C)=C[C@@H]2C)OC1. The molecule has 1 saturated heterocycles. The normalized spacial score (nSPS) is 41.7. The van der Waals surface area contributed by atoms with Gasteiger partial charge in [0.25, 0.3) is 0 Å². The zero-order chi connectivity index (χ0) is 14.0. The second-order valence-electron chi connectivity index (χ2n) is 7.03. The lowest BCUT2D eigenvalue weighted by Crippen LogP contribution is -2.47. The molecule has 1 unspecified atom stereocenters. The third-order valence-electron chi connectivity index (χ3n) is 5.40. The monoisotopic (exact) mass is 266 g/mol. The summed E-state index contributed by atoms with van der Waals surface area (Å²) in [4.78, 5) is 0. The van der Waals surface area contributed by atoms with Crippen LogP contribution in [0.15, 0.2) is 11.6 Å². The highest BCUT2D eigenvalue weighted by Crippen LogP contribution is 2.39. The summed E-state index contributed by atoms with van der Waals surface area (Å²) < 4.78 is 12.2. The summed E-state index contributed by atoms with van der Waals surface area (Å²) in [7, 11) is 0. The topological polar surface area (TPSA) is 18.5 Å². The predicted molar refractivity (Wildman–Crippen MR) is 78.9 cm³/mol. The molecule has 1 aliphatic carbocycles. The molecule has 2 heteroatoms. The van der Waals surface area contributed by atoms with Crippen LogP contribution >= 0.6 is 0 Å². The maximum absolute atomic E-state index is 6.11. The largest absolute Gasteiger partial charge is 0.352 e. The number of rotatable bonds is 3. The Morgan fingerprint density at radius 3 is 2.53 bits per heavy atom. The van der Waals surface area contributed by atoms with Crippen LogP contribution in [0.3, 0.4) is 0 Å². The standard InChI is InChI=1S/C17H30O2/c1-6-14(4)17(5)10-18-16(19-11-17)15-8-7-12(2)9-13(15)3/h9,13-16H,6-8,10-11H2,1-5H3/t13-,14?,15+,16?,17?/m0/s1. The number of hydrogen-bond donors (Lipinski definition) is 0. The molecule has 19 heavy (non-hydrogen) atoms. The van der Waals surface area contributed by atoms with Crippen molar-refractivity contribution >= 4 is 0 Å². The lowest BCUT2D eigenvalue weighted by atomic mass is 9.76. The van der Waals surface area contributed by atoms with Crippen LogP contribution < -0.4 is 0 Å². The molecule has 0 radical (unpaired) electrons. The Morgan fingerprint density at radius 2 is 2.00 bits per heavy atom. The maximum atomic E-state index is 6.11. The molecule has 0 saturated carbocycles. The fraction of sp³-hybridized carbons (Fsp3) is 0.882. The van der Waals surface area contributed by atoms with Crippen molar-refractivity contribution in [1.82, 2.24) is 0 Å². The van der Waals surface area contributed by atoms with Crippen molar-refractivity contribution in [3.63, 3.8) is 0 Å². The highest BCUT2D eigenvalue weighted by Gasteiger charge is 2.40. The first-order chi connectivity index (χ1) is 8.96. The molecule has 0 aromatic rings. The quantitative estimate of drug-likeness (QED) is 0.705. The molecule has 0 spiro atoms. The van der Waals surface area contributed by atoms with Crippen molar-refractivity contribution in [3.8, 4) is 0 Å². The van der Waals surface area contributed by atoms with Crippen molar-refractivity contribution in [2.45, 2.75) is 60.2 Å². The summed E-state index contributed by atoms with van der Waals surface area (Å²) in [6.07, 6.45) is 5.99. The van der Waals surface area contributed by atoms with Crippen LogP contribution in [0, 0.1) is 23.2 Å². The van der Waals surface area contributed by atoms with E-state index >= 15 is 0 Å². The lowest BCUT2D eigenvalue weighted by Gasteiger charge is -2.44. The molecule has 1 aliphatic heterocycles. The minimum Gasteiger partial charge on any atom is -0.352 e. The Kier molecular flexibility index (Phi) is 4.73. The van der Waals surface area contributed by atoms with Crippen LogP contribution in [-0.2, 0) is 9.47 Å². The summed E-state index contributed by atoms with van der Waals surface area (Å²) in [5.41, 5.74) is 1.71. The molecule has 1 fully saturated rings. The van der Waals surface area contributed by atoms with Gasteiger partial charge in [0.1, 0.15) is 0 Å². The van der Waals surface area contributed by atoms with Gasteiger partial charge in [-0.2, -0.15) is 0 Å². The van der Waals surface area contributed by atoms with Gasteiger partial charge in [0.05, 0.1) is 13.2 Å². The van der Waals surface area contributed by atoms with E-state index < -0.39 is 0 Å². The van der Waals surface area contributed by atoms with Crippen LogP contribution in [-0.4, -0.2) is 19.5 Å². The molecular weight excluding hydrogens is 236 g/mol. The zero-order valence-electron chi connectivity index (χ0n) is 13.2. The fourth-order valence-electron chi connectivity index (χ4n) is 3.36. The minimum absolute atomic E-state index is 0.0106. The van der Waals surface area contributed by atoms with Crippen molar-refractivity contribution in [2.75, 3.05) is 13.2 Å². The van der Waals surface area contributed by atoms with E-state index in [2.05, 4.69) is 40.7 Å². The van der Waals surface area contributed by atoms with E-state index in [1.54, 1.807) is 0 Å². The second-order valence-corrected chi connectivity index (χ2v) is 7.03. The molecule has 0 amide bonds. The van der Waals surface area contributed by atoms with Crippen molar-refractivity contribution in [1.29, 1.82) is 0 Å². The van der Waals surface area contributed by atoms with Gasteiger partial charge in [-0.15, -0.1) is 0 Å². The molecular formula is C17H30O2. The molecule has 0 N–H and O–H groups in total. The van der Waals surface area contributed by atoms with Crippen LogP contribution in [0.5, 0.6) is 0 Å². The Hall–Kier alpha value is -0.340. The Morgan fingerprint density at radius 1 is 1.37 bits per heavy atom. The maximum Gasteiger partial charge on any atom is 0.160 e. The van der Waals surface area contributed by atoms with E-state index in [0.717, 1.165) is 13.2 Å².